The molecule has 0 atom stereocenters. The van der Waals surface area contributed by atoms with Gasteiger partial charge in [0.15, 0.2) is 22.3 Å². The van der Waals surface area contributed by atoms with Crippen molar-refractivity contribution in [3.8, 4) is 16.5 Å². The third kappa shape index (κ3) is 4.17. The molecule has 0 unspecified atom stereocenters. The fourth-order valence-corrected chi connectivity index (χ4v) is 4.20. The van der Waals surface area contributed by atoms with Crippen molar-refractivity contribution in [1.82, 2.24) is 19.7 Å². The maximum absolute atomic E-state index is 12.4. The number of hydrogen-bond donors (Lipinski definition) is 2. The Morgan fingerprint density at radius 1 is 1.33 bits per heavy atom. The average molecular weight is 438 g/mol. The van der Waals surface area contributed by atoms with Crippen molar-refractivity contribution in [2.75, 3.05) is 11.9 Å². The van der Waals surface area contributed by atoms with E-state index in [2.05, 4.69) is 27.1 Å². The van der Waals surface area contributed by atoms with E-state index in [1.54, 1.807) is 6.08 Å². The largest absolute Gasteiger partial charge is 0.484 e. The van der Waals surface area contributed by atoms with Crippen LogP contribution in [0.2, 0.25) is 0 Å². The quantitative estimate of drug-likeness (QED) is 0.323. The van der Waals surface area contributed by atoms with Crippen molar-refractivity contribution in [2.24, 2.45) is 0 Å². The maximum Gasteiger partial charge on any atom is 0.264 e. The van der Waals surface area contributed by atoms with Gasteiger partial charge in [-0.2, -0.15) is 5.10 Å². The standard InChI is InChI=1S/C21H19N5O2S2/c1-3-10-26-19(24-25-21(26)29)18-13(2)22-20(30-18)23-17(27)12-28-16-9-8-14-6-4-5-7-15(14)11-16/h3-9,11H,1,10,12H2,2H3,(H,25,29)(H,22,23,27). The highest BCUT2D eigenvalue weighted by atomic mass is 32.1. The molecule has 9 heteroatoms. The summed E-state index contributed by atoms with van der Waals surface area (Å²) in [6.45, 7) is 6.03. The number of nitrogens with one attached hydrogen (secondary N) is 2. The summed E-state index contributed by atoms with van der Waals surface area (Å²) < 4.78 is 7.98. The number of carbonyl (C=O) groups excluding carboxylic acids is 1. The first kappa shape index (κ1) is 20.0. The number of aryl methyl sites for hydroxylation is 1. The van der Waals surface area contributed by atoms with Crippen LogP contribution >= 0.6 is 23.6 Å². The zero-order valence-corrected chi connectivity index (χ0v) is 17.8. The number of rotatable bonds is 7. The van der Waals surface area contributed by atoms with Gasteiger partial charge in [0.05, 0.1) is 10.6 Å². The van der Waals surface area contributed by atoms with Crippen LogP contribution < -0.4 is 10.1 Å². The van der Waals surface area contributed by atoms with Crippen LogP contribution in [0, 0.1) is 11.7 Å². The predicted octanol–water partition coefficient (Wildman–Crippen LogP) is 4.73. The van der Waals surface area contributed by atoms with Gasteiger partial charge in [-0.15, -0.1) is 6.58 Å². The van der Waals surface area contributed by atoms with Crippen molar-refractivity contribution in [2.45, 2.75) is 13.5 Å². The molecular formula is C21H19N5O2S2. The van der Waals surface area contributed by atoms with E-state index in [-0.39, 0.29) is 12.5 Å². The summed E-state index contributed by atoms with van der Waals surface area (Å²) in [5.41, 5.74) is 0.755. The molecule has 0 spiro atoms. The third-order valence-electron chi connectivity index (χ3n) is 4.41. The zero-order chi connectivity index (χ0) is 21.1. The van der Waals surface area contributed by atoms with Crippen LogP contribution in [-0.2, 0) is 11.3 Å². The monoisotopic (exact) mass is 437 g/mol. The molecule has 0 aliphatic carbocycles. The Morgan fingerprint density at radius 3 is 2.93 bits per heavy atom. The van der Waals surface area contributed by atoms with Gasteiger partial charge in [0.25, 0.3) is 5.91 Å². The molecule has 0 fully saturated rings. The molecule has 2 aromatic carbocycles. The maximum atomic E-state index is 12.4. The van der Waals surface area contributed by atoms with E-state index < -0.39 is 0 Å². The Kier molecular flexibility index (Phi) is 5.73. The summed E-state index contributed by atoms with van der Waals surface area (Å²) in [6, 6.07) is 13.7. The number of benzene rings is 2. The molecule has 0 saturated heterocycles. The van der Waals surface area contributed by atoms with Gasteiger partial charge in [0.2, 0.25) is 0 Å². The van der Waals surface area contributed by atoms with E-state index in [0.717, 1.165) is 21.3 Å². The van der Waals surface area contributed by atoms with E-state index >= 15 is 0 Å². The van der Waals surface area contributed by atoms with Gasteiger partial charge in [-0.25, -0.2) is 4.98 Å². The first-order valence-electron chi connectivity index (χ1n) is 9.20. The molecule has 7 nitrogen and oxygen atoms in total. The van der Waals surface area contributed by atoms with Crippen LogP contribution in [-0.4, -0.2) is 32.3 Å². The Balaban J connectivity index is 1.44. The molecule has 2 N–H and O–H groups in total. The minimum absolute atomic E-state index is 0.110. The number of anilines is 1. The van der Waals surface area contributed by atoms with Crippen molar-refractivity contribution in [3.63, 3.8) is 0 Å². The molecule has 4 aromatic rings. The first-order valence-corrected chi connectivity index (χ1v) is 10.4. The topological polar surface area (TPSA) is 84.8 Å². The molecule has 2 heterocycles. The molecule has 0 aliphatic rings. The van der Waals surface area contributed by atoms with E-state index in [1.165, 1.54) is 11.3 Å². The van der Waals surface area contributed by atoms with E-state index in [1.807, 2.05) is 54.0 Å². The predicted molar refractivity (Wildman–Crippen MR) is 122 cm³/mol. The number of thiazole rings is 1. The highest BCUT2D eigenvalue weighted by Crippen LogP contribution is 2.31. The van der Waals surface area contributed by atoms with Crippen LogP contribution in [0.25, 0.3) is 21.5 Å². The third-order valence-corrected chi connectivity index (χ3v) is 5.79. The molecule has 0 aliphatic heterocycles. The van der Waals surface area contributed by atoms with Crippen LogP contribution in [0.1, 0.15) is 5.69 Å². The second-order valence-corrected chi connectivity index (χ2v) is 7.92. The van der Waals surface area contributed by atoms with Crippen molar-refractivity contribution >= 4 is 45.4 Å². The summed E-state index contributed by atoms with van der Waals surface area (Å²) in [5, 5.41) is 12.5. The fourth-order valence-electron chi connectivity index (χ4n) is 3.01. The van der Waals surface area contributed by atoms with Crippen LogP contribution in [0.4, 0.5) is 5.13 Å². The molecule has 0 bridgehead atoms. The van der Waals surface area contributed by atoms with Gasteiger partial charge in [0, 0.05) is 6.54 Å². The number of aromatic amines is 1. The molecule has 0 saturated carbocycles. The molecule has 1 amide bonds. The fraction of sp³-hybridized carbons (Fsp3) is 0.143. The number of carbonyl (C=O) groups is 1. The summed E-state index contributed by atoms with van der Waals surface area (Å²) in [7, 11) is 0. The van der Waals surface area contributed by atoms with Crippen molar-refractivity contribution < 1.29 is 9.53 Å². The van der Waals surface area contributed by atoms with Crippen LogP contribution in [0.15, 0.2) is 55.1 Å². The van der Waals surface area contributed by atoms with Gasteiger partial charge in [-0.05, 0) is 42.0 Å². The lowest BCUT2D eigenvalue weighted by molar-refractivity contribution is -0.118. The van der Waals surface area contributed by atoms with Crippen LogP contribution in [0.3, 0.4) is 0 Å². The van der Waals surface area contributed by atoms with Gasteiger partial charge in [-0.3, -0.25) is 19.8 Å². The van der Waals surface area contributed by atoms with E-state index in [4.69, 9.17) is 17.0 Å². The molecular weight excluding hydrogens is 418 g/mol. The van der Waals surface area contributed by atoms with Crippen LogP contribution in [0.5, 0.6) is 5.75 Å². The van der Waals surface area contributed by atoms with Gasteiger partial charge in [0.1, 0.15) is 5.75 Å². The van der Waals surface area contributed by atoms with Gasteiger partial charge >= 0.3 is 0 Å². The summed E-state index contributed by atoms with van der Waals surface area (Å²) in [4.78, 5) is 17.6. The molecule has 4 rings (SSSR count). The van der Waals surface area contributed by atoms with E-state index in [9.17, 15) is 4.79 Å². The summed E-state index contributed by atoms with van der Waals surface area (Å²) >= 11 is 6.60. The summed E-state index contributed by atoms with van der Waals surface area (Å²) in [5.74, 6) is 1.02. The Bertz CT molecular complexity index is 1290. The van der Waals surface area contributed by atoms with Gasteiger partial charge < -0.3 is 4.74 Å². The number of hydrogen-bond acceptors (Lipinski definition) is 6. The zero-order valence-electron chi connectivity index (χ0n) is 16.2. The number of fused-ring (bicyclic) bond motifs is 1. The number of allylic oxidation sites excluding steroid dienone is 1. The number of amides is 1. The molecule has 0 radical (unpaired) electrons. The highest BCUT2D eigenvalue weighted by molar-refractivity contribution is 7.71. The number of nitrogens with zero attached hydrogens (tertiary/aromatic N) is 3. The SMILES string of the molecule is C=CCn1c(-c2sc(NC(=O)COc3ccc4ccccc4c3)nc2C)n[nH]c1=S. The lowest BCUT2D eigenvalue weighted by Gasteiger charge is -2.07. The number of aromatic nitrogens is 4. The minimum atomic E-state index is -0.284. The Labute approximate surface area is 182 Å². The average Bonchev–Trinajstić information content (AvgIpc) is 3.28. The summed E-state index contributed by atoms with van der Waals surface area (Å²) in [6.07, 6.45) is 1.75. The molecule has 30 heavy (non-hydrogen) atoms. The molecule has 152 valence electrons. The van der Waals surface area contributed by atoms with Crippen molar-refractivity contribution in [1.29, 1.82) is 0 Å². The highest BCUT2D eigenvalue weighted by Gasteiger charge is 2.17. The lowest BCUT2D eigenvalue weighted by atomic mass is 10.1. The van der Waals surface area contributed by atoms with E-state index in [0.29, 0.717) is 28.0 Å². The molecule has 2 aromatic heterocycles. The number of ether oxygens (including phenoxy) is 1. The van der Waals surface area contributed by atoms with Crippen molar-refractivity contribution in [3.05, 3.63) is 65.6 Å². The normalized spacial score (nSPS) is 10.8. The Morgan fingerprint density at radius 2 is 2.13 bits per heavy atom. The smallest absolute Gasteiger partial charge is 0.264 e. The minimum Gasteiger partial charge on any atom is -0.484 e. The number of H-pyrrole nitrogens is 1. The lowest BCUT2D eigenvalue weighted by Crippen LogP contribution is -2.20. The second-order valence-electron chi connectivity index (χ2n) is 6.53. The first-order chi connectivity index (χ1) is 14.5. The second kappa shape index (κ2) is 8.60. The Hall–Kier alpha value is -3.30. The van der Waals surface area contributed by atoms with Gasteiger partial charge in [-0.1, -0.05) is 47.7 Å².